The molecule has 0 atom stereocenters. The third-order valence-corrected chi connectivity index (χ3v) is 3.01. The molecule has 23 heavy (non-hydrogen) atoms. The van der Waals surface area contributed by atoms with Crippen molar-refractivity contribution in [3.8, 4) is 17.2 Å². The van der Waals surface area contributed by atoms with Crippen LogP contribution in [0, 0.1) is 0 Å². The molecule has 1 heterocycles. The minimum Gasteiger partial charge on any atom is -0.504 e. The Morgan fingerprint density at radius 1 is 1.35 bits per heavy atom. The van der Waals surface area contributed by atoms with Gasteiger partial charge in [-0.1, -0.05) is 19.1 Å². The largest absolute Gasteiger partial charge is 0.504 e. The zero-order valence-electron chi connectivity index (χ0n) is 13.0. The highest BCUT2D eigenvalue weighted by Crippen LogP contribution is 2.33. The second-order valence-corrected chi connectivity index (χ2v) is 4.84. The summed E-state index contributed by atoms with van der Waals surface area (Å²) in [4.78, 5) is 22.7. The number of ether oxygens (including phenoxy) is 2. The van der Waals surface area contributed by atoms with Gasteiger partial charge in [0.05, 0.1) is 12.0 Å². The van der Waals surface area contributed by atoms with Gasteiger partial charge in [0.25, 0.3) is 5.75 Å². The molecule has 0 unspecified atom stereocenters. The molecule has 0 bridgehead atoms. The third kappa shape index (κ3) is 4.12. The van der Waals surface area contributed by atoms with Crippen LogP contribution in [0.2, 0.25) is 0 Å². The van der Waals surface area contributed by atoms with Crippen LogP contribution in [0.4, 0.5) is 0 Å². The Kier molecular flexibility index (Phi) is 5.41. The summed E-state index contributed by atoms with van der Waals surface area (Å²) in [5, 5.41) is 10.3. The summed E-state index contributed by atoms with van der Waals surface area (Å²) in [5.74, 6) is -1.13. The fraction of sp³-hybridized carbons (Fsp3) is 0.294. The Labute approximate surface area is 132 Å². The van der Waals surface area contributed by atoms with Gasteiger partial charge in [0.2, 0.25) is 0 Å². The smallest absolute Gasteiger partial charge is 0.383 e. The summed E-state index contributed by atoms with van der Waals surface area (Å²) in [5.41, 5.74) is -0.766. The molecule has 6 nitrogen and oxygen atoms in total. The topological polar surface area (TPSA) is 86.0 Å². The maximum absolute atomic E-state index is 11.8. The van der Waals surface area contributed by atoms with Gasteiger partial charge in [-0.2, -0.15) is 0 Å². The Morgan fingerprint density at radius 3 is 2.83 bits per heavy atom. The molecule has 0 aliphatic rings. The summed E-state index contributed by atoms with van der Waals surface area (Å²) >= 11 is 0. The van der Waals surface area contributed by atoms with Crippen LogP contribution >= 0.6 is 0 Å². The van der Waals surface area contributed by atoms with E-state index in [9.17, 15) is 14.7 Å². The van der Waals surface area contributed by atoms with Crippen molar-refractivity contribution in [2.75, 3.05) is 6.61 Å². The van der Waals surface area contributed by atoms with Crippen molar-refractivity contribution >= 4 is 16.9 Å². The van der Waals surface area contributed by atoms with Gasteiger partial charge in [-0.15, -0.1) is 0 Å². The van der Waals surface area contributed by atoms with E-state index in [-0.39, 0.29) is 11.0 Å². The van der Waals surface area contributed by atoms with Crippen LogP contribution in [-0.2, 0) is 4.79 Å². The van der Waals surface area contributed by atoms with Crippen molar-refractivity contribution in [3.05, 3.63) is 40.8 Å². The highest BCUT2D eigenvalue weighted by atomic mass is 16.6. The van der Waals surface area contributed by atoms with Crippen molar-refractivity contribution < 1.29 is 23.8 Å². The molecule has 0 radical (unpaired) electrons. The molecular weight excluding hydrogens is 300 g/mol. The van der Waals surface area contributed by atoms with Crippen molar-refractivity contribution in [1.82, 2.24) is 0 Å². The van der Waals surface area contributed by atoms with Crippen molar-refractivity contribution in [3.63, 3.8) is 0 Å². The highest BCUT2D eigenvalue weighted by molar-refractivity contribution is 5.87. The molecule has 2 rings (SSSR count). The van der Waals surface area contributed by atoms with Gasteiger partial charge in [-0.25, -0.2) is 4.79 Å². The zero-order chi connectivity index (χ0) is 16.8. The Bertz CT molecular complexity index is 788. The molecular formula is C17H18O6. The lowest BCUT2D eigenvalue weighted by molar-refractivity contribution is -0.132. The fourth-order valence-corrected chi connectivity index (χ4v) is 2.00. The number of benzene rings is 1. The number of aromatic hydroxyl groups is 1. The molecule has 2 aromatic rings. The number of hydrogen-bond donors (Lipinski definition) is 1. The molecule has 1 N–H and O–H groups in total. The number of carbonyl (C=O) groups is 1. The summed E-state index contributed by atoms with van der Waals surface area (Å²) in [7, 11) is 0. The average Bonchev–Trinajstić information content (AvgIpc) is 2.51. The Hall–Kier alpha value is -2.76. The minimum atomic E-state index is -0.923. The van der Waals surface area contributed by atoms with Crippen LogP contribution in [0.3, 0.4) is 0 Å². The molecule has 0 saturated heterocycles. The van der Waals surface area contributed by atoms with E-state index >= 15 is 0 Å². The van der Waals surface area contributed by atoms with E-state index in [0.29, 0.717) is 12.4 Å². The number of rotatable bonds is 6. The van der Waals surface area contributed by atoms with E-state index in [1.807, 2.05) is 6.08 Å². The van der Waals surface area contributed by atoms with E-state index in [1.165, 1.54) is 12.1 Å². The average molecular weight is 318 g/mol. The molecule has 0 aliphatic heterocycles. The van der Waals surface area contributed by atoms with Crippen LogP contribution in [-0.4, -0.2) is 17.7 Å². The first-order valence-electron chi connectivity index (χ1n) is 7.29. The maximum atomic E-state index is 11.8. The number of hydrogen-bond acceptors (Lipinski definition) is 6. The predicted octanol–water partition coefficient (Wildman–Crippen LogP) is 3.16. The van der Waals surface area contributed by atoms with Crippen LogP contribution < -0.4 is 15.1 Å². The number of carbonyl (C=O) groups excluding carboxylic acids is 1. The SMILES string of the molecule is CCC=CCCOc1ccc2c(O)c(OC(C)=O)c(=O)oc2c1. The van der Waals surface area contributed by atoms with Gasteiger partial charge in [-0.05, 0) is 25.0 Å². The summed E-state index contributed by atoms with van der Waals surface area (Å²) in [6.45, 7) is 3.68. The van der Waals surface area contributed by atoms with Gasteiger partial charge < -0.3 is 19.0 Å². The summed E-state index contributed by atoms with van der Waals surface area (Å²) in [6, 6.07) is 4.69. The van der Waals surface area contributed by atoms with Crippen LogP contribution in [0.25, 0.3) is 11.0 Å². The molecule has 0 aliphatic carbocycles. The molecule has 0 fully saturated rings. The Balaban J connectivity index is 2.25. The van der Waals surface area contributed by atoms with Gasteiger partial charge in [-0.3, -0.25) is 4.79 Å². The zero-order valence-corrected chi connectivity index (χ0v) is 13.0. The van der Waals surface area contributed by atoms with Crippen LogP contribution in [0.15, 0.2) is 39.6 Å². The number of allylic oxidation sites excluding steroid dienone is 1. The predicted molar refractivity (Wildman–Crippen MR) is 85.0 cm³/mol. The van der Waals surface area contributed by atoms with E-state index < -0.39 is 23.1 Å². The molecule has 0 spiro atoms. The van der Waals surface area contributed by atoms with Crippen molar-refractivity contribution in [2.24, 2.45) is 0 Å². The number of fused-ring (bicyclic) bond motifs is 1. The molecule has 0 saturated carbocycles. The third-order valence-electron chi connectivity index (χ3n) is 3.01. The van der Waals surface area contributed by atoms with Gasteiger partial charge >= 0.3 is 11.6 Å². The maximum Gasteiger partial charge on any atom is 0.383 e. The minimum absolute atomic E-state index is 0.157. The fourth-order valence-electron chi connectivity index (χ4n) is 2.00. The van der Waals surface area contributed by atoms with Crippen molar-refractivity contribution in [2.45, 2.75) is 26.7 Å². The van der Waals surface area contributed by atoms with E-state index in [0.717, 1.165) is 19.8 Å². The standard InChI is InChI=1S/C17H18O6/c1-3-4-5-6-9-21-12-7-8-13-14(10-12)23-17(20)16(15(13)19)22-11(2)18/h4-5,7-8,10,19H,3,6,9H2,1-2H3. The lowest BCUT2D eigenvalue weighted by Gasteiger charge is -2.08. The quantitative estimate of drug-likeness (QED) is 0.381. The van der Waals surface area contributed by atoms with E-state index in [2.05, 4.69) is 17.7 Å². The van der Waals surface area contributed by atoms with Crippen LogP contribution in [0.5, 0.6) is 17.2 Å². The first-order valence-corrected chi connectivity index (χ1v) is 7.29. The molecule has 1 aromatic carbocycles. The van der Waals surface area contributed by atoms with Gasteiger partial charge in [0, 0.05) is 13.0 Å². The monoisotopic (exact) mass is 318 g/mol. The van der Waals surface area contributed by atoms with Gasteiger partial charge in [0.1, 0.15) is 11.3 Å². The van der Waals surface area contributed by atoms with Crippen LogP contribution in [0.1, 0.15) is 26.7 Å². The normalized spacial score (nSPS) is 11.0. The molecule has 6 heteroatoms. The van der Waals surface area contributed by atoms with Crippen molar-refractivity contribution in [1.29, 1.82) is 0 Å². The van der Waals surface area contributed by atoms with E-state index in [4.69, 9.17) is 9.15 Å². The number of esters is 1. The molecule has 0 amide bonds. The first-order chi connectivity index (χ1) is 11.0. The second-order valence-electron chi connectivity index (χ2n) is 4.84. The molecule has 122 valence electrons. The summed E-state index contributed by atoms with van der Waals surface area (Å²) in [6.07, 6.45) is 5.83. The second kappa shape index (κ2) is 7.49. The Morgan fingerprint density at radius 2 is 2.13 bits per heavy atom. The first kappa shape index (κ1) is 16.6. The summed E-state index contributed by atoms with van der Waals surface area (Å²) < 4.78 is 15.3. The highest BCUT2D eigenvalue weighted by Gasteiger charge is 2.17. The molecule has 1 aromatic heterocycles. The lowest BCUT2D eigenvalue weighted by Crippen LogP contribution is -2.11. The van der Waals surface area contributed by atoms with E-state index in [1.54, 1.807) is 6.07 Å². The van der Waals surface area contributed by atoms with Gasteiger partial charge in [0.15, 0.2) is 5.75 Å². The lowest BCUT2D eigenvalue weighted by atomic mass is 10.2.